The maximum Gasteiger partial charge on any atom is 0.265 e. The molecule has 1 saturated carbocycles. The molecule has 0 radical (unpaired) electrons. The van der Waals surface area contributed by atoms with Crippen LogP contribution in [0, 0.1) is 5.92 Å². The van der Waals surface area contributed by atoms with E-state index in [4.69, 9.17) is 0 Å². The first-order valence-corrected chi connectivity index (χ1v) is 8.66. The maximum absolute atomic E-state index is 12.5. The molecule has 1 aliphatic rings. The van der Waals surface area contributed by atoms with Crippen molar-refractivity contribution in [2.75, 3.05) is 12.4 Å². The van der Waals surface area contributed by atoms with Crippen molar-refractivity contribution in [3.8, 4) is 0 Å². The summed E-state index contributed by atoms with van der Waals surface area (Å²) in [6.07, 6.45) is 2.43. The minimum absolute atomic E-state index is 0.0283. The van der Waals surface area contributed by atoms with Gasteiger partial charge < -0.3 is 10.2 Å². The Balaban J connectivity index is 1.64. The number of hydrogen-bond donors (Lipinski definition) is 1. The van der Waals surface area contributed by atoms with Gasteiger partial charge in [-0.1, -0.05) is 6.07 Å². The third-order valence-corrected chi connectivity index (χ3v) is 5.24. The van der Waals surface area contributed by atoms with Gasteiger partial charge in [0.05, 0.1) is 4.88 Å². The van der Waals surface area contributed by atoms with Crippen LogP contribution in [0.3, 0.4) is 0 Å². The van der Waals surface area contributed by atoms with Crippen LogP contribution in [-0.2, 0) is 0 Å². The molecule has 0 unspecified atom stereocenters. The SMILES string of the molecule is C[C@H](C1CC1)N(C)C(=O)c1ccc(NC(=O)c2cccs2)cc1. The molecule has 0 saturated heterocycles. The second-order valence-corrected chi connectivity index (χ2v) is 6.95. The third kappa shape index (κ3) is 3.62. The molecule has 2 amide bonds. The van der Waals surface area contributed by atoms with E-state index in [0.29, 0.717) is 22.0 Å². The van der Waals surface area contributed by atoms with Crippen molar-refractivity contribution in [3.63, 3.8) is 0 Å². The first kappa shape index (κ1) is 15.7. The van der Waals surface area contributed by atoms with E-state index >= 15 is 0 Å². The predicted molar refractivity (Wildman–Crippen MR) is 93.0 cm³/mol. The van der Waals surface area contributed by atoms with Gasteiger partial charge in [0.15, 0.2) is 0 Å². The zero-order valence-corrected chi connectivity index (χ0v) is 14.1. The number of carbonyl (C=O) groups is 2. The molecule has 1 N–H and O–H groups in total. The summed E-state index contributed by atoms with van der Waals surface area (Å²) in [5.74, 6) is 0.549. The van der Waals surface area contributed by atoms with Crippen LogP contribution in [0.4, 0.5) is 5.69 Å². The highest BCUT2D eigenvalue weighted by Gasteiger charge is 2.32. The van der Waals surface area contributed by atoms with Crippen LogP contribution in [0.15, 0.2) is 41.8 Å². The normalized spacial score (nSPS) is 15.0. The van der Waals surface area contributed by atoms with E-state index in [-0.39, 0.29) is 17.9 Å². The molecular formula is C18H20N2O2S. The van der Waals surface area contributed by atoms with Crippen LogP contribution >= 0.6 is 11.3 Å². The fraction of sp³-hybridized carbons (Fsp3) is 0.333. The summed E-state index contributed by atoms with van der Waals surface area (Å²) in [7, 11) is 1.86. The summed E-state index contributed by atoms with van der Waals surface area (Å²) in [5, 5.41) is 4.71. The second kappa shape index (κ2) is 6.54. The van der Waals surface area contributed by atoms with Crippen molar-refractivity contribution in [3.05, 3.63) is 52.2 Å². The number of thiophene rings is 1. The van der Waals surface area contributed by atoms with Crippen LogP contribution in [0.2, 0.25) is 0 Å². The summed E-state index contributed by atoms with van der Waals surface area (Å²) < 4.78 is 0. The van der Waals surface area contributed by atoms with Gasteiger partial charge in [-0.25, -0.2) is 0 Å². The largest absolute Gasteiger partial charge is 0.339 e. The Hall–Kier alpha value is -2.14. The van der Waals surface area contributed by atoms with E-state index in [9.17, 15) is 9.59 Å². The molecule has 23 heavy (non-hydrogen) atoms. The fourth-order valence-corrected chi connectivity index (χ4v) is 3.20. The lowest BCUT2D eigenvalue weighted by molar-refractivity contribution is 0.0727. The number of carbonyl (C=O) groups excluding carboxylic acids is 2. The van der Waals surface area contributed by atoms with E-state index in [1.807, 2.05) is 23.4 Å². The lowest BCUT2D eigenvalue weighted by Crippen LogP contribution is -2.36. The molecule has 1 heterocycles. The highest BCUT2D eigenvalue weighted by Crippen LogP contribution is 2.35. The molecular weight excluding hydrogens is 308 g/mol. The van der Waals surface area contributed by atoms with E-state index < -0.39 is 0 Å². The van der Waals surface area contributed by atoms with Crippen molar-refractivity contribution in [1.82, 2.24) is 4.90 Å². The summed E-state index contributed by atoms with van der Waals surface area (Å²) in [6, 6.07) is 11.0. The van der Waals surface area contributed by atoms with Gasteiger partial charge in [-0.3, -0.25) is 9.59 Å². The summed E-state index contributed by atoms with van der Waals surface area (Å²) in [5.41, 5.74) is 1.34. The van der Waals surface area contributed by atoms with Gasteiger partial charge in [0, 0.05) is 24.3 Å². The average molecular weight is 328 g/mol. The quantitative estimate of drug-likeness (QED) is 0.906. The maximum atomic E-state index is 12.5. The smallest absolute Gasteiger partial charge is 0.265 e. The zero-order valence-electron chi connectivity index (χ0n) is 13.3. The Morgan fingerprint density at radius 1 is 1.22 bits per heavy atom. The van der Waals surface area contributed by atoms with Crippen LogP contribution in [0.1, 0.15) is 39.8 Å². The van der Waals surface area contributed by atoms with Crippen molar-refractivity contribution < 1.29 is 9.59 Å². The van der Waals surface area contributed by atoms with Crippen LogP contribution in [-0.4, -0.2) is 29.8 Å². The molecule has 3 rings (SSSR count). The Morgan fingerprint density at radius 2 is 1.91 bits per heavy atom. The molecule has 4 nitrogen and oxygen atoms in total. The van der Waals surface area contributed by atoms with E-state index in [1.54, 1.807) is 30.3 Å². The number of amides is 2. The summed E-state index contributed by atoms with van der Waals surface area (Å²) in [6.45, 7) is 2.10. The number of benzene rings is 1. The third-order valence-electron chi connectivity index (χ3n) is 4.37. The van der Waals surface area contributed by atoms with Gasteiger partial charge >= 0.3 is 0 Å². The van der Waals surface area contributed by atoms with Gasteiger partial charge in [-0.15, -0.1) is 11.3 Å². The minimum Gasteiger partial charge on any atom is -0.339 e. The Labute approximate surface area is 140 Å². The first-order valence-electron chi connectivity index (χ1n) is 7.78. The topological polar surface area (TPSA) is 49.4 Å². The van der Waals surface area contributed by atoms with Crippen LogP contribution in [0.25, 0.3) is 0 Å². The Bertz CT molecular complexity index is 690. The molecule has 5 heteroatoms. The van der Waals surface area contributed by atoms with Gasteiger partial charge in [0.25, 0.3) is 11.8 Å². The number of nitrogens with zero attached hydrogens (tertiary/aromatic N) is 1. The molecule has 1 aliphatic carbocycles. The second-order valence-electron chi connectivity index (χ2n) is 6.00. The van der Waals surface area contributed by atoms with Crippen molar-refractivity contribution >= 4 is 28.8 Å². The number of anilines is 1. The van der Waals surface area contributed by atoms with Gasteiger partial charge in [-0.2, -0.15) is 0 Å². The van der Waals surface area contributed by atoms with E-state index in [0.717, 1.165) is 0 Å². The lowest BCUT2D eigenvalue weighted by atomic mass is 10.1. The Morgan fingerprint density at radius 3 is 2.48 bits per heavy atom. The van der Waals surface area contributed by atoms with Crippen molar-refractivity contribution in [2.24, 2.45) is 5.92 Å². The summed E-state index contributed by atoms with van der Waals surface area (Å²) in [4.78, 5) is 27.0. The highest BCUT2D eigenvalue weighted by molar-refractivity contribution is 7.12. The van der Waals surface area contributed by atoms with Crippen LogP contribution in [0.5, 0.6) is 0 Å². The predicted octanol–water partition coefficient (Wildman–Crippen LogP) is 3.87. The Kier molecular flexibility index (Phi) is 4.48. The number of rotatable bonds is 5. The fourth-order valence-electron chi connectivity index (χ4n) is 2.58. The molecule has 1 atom stereocenters. The lowest BCUT2D eigenvalue weighted by Gasteiger charge is -2.25. The van der Waals surface area contributed by atoms with E-state index in [1.165, 1.54) is 24.2 Å². The van der Waals surface area contributed by atoms with Crippen LogP contribution < -0.4 is 5.32 Å². The molecule has 0 aliphatic heterocycles. The molecule has 1 fully saturated rings. The number of hydrogen-bond acceptors (Lipinski definition) is 3. The molecule has 120 valence electrons. The summed E-state index contributed by atoms with van der Waals surface area (Å²) >= 11 is 1.40. The van der Waals surface area contributed by atoms with Gasteiger partial charge in [0.2, 0.25) is 0 Å². The highest BCUT2D eigenvalue weighted by atomic mass is 32.1. The average Bonchev–Trinajstić information content (AvgIpc) is 3.27. The molecule has 0 bridgehead atoms. The molecule has 2 aromatic rings. The molecule has 1 aromatic heterocycles. The zero-order chi connectivity index (χ0) is 16.4. The number of nitrogens with one attached hydrogen (secondary N) is 1. The first-order chi connectivity index (χ1) is 11.1. The monoisotopic (exact) mass is 328 g/mol. The molecule has 0 spiro atoms. The van der Waals surface area contributed by atoms with E-state index in [2.05, 4.69) is 12.2 Å². The van der Waals surface area contributed by atoms with Gasteiger partial charge in [-0.05, 0) is 61.4 Å². The van der Waals surface area contributed by atoms with Crippen molar-refractivity contribution in [1.29, 1.82) is 0 Å². The molecule has 1 aromatic carbocycles. The standard InChI is InChI=1S/C18H20N2O2S/c1-12(13-5-6-13)20(2)18(22)14-7-9-15(10-8-14)19-17(21)16-4-3-11-23-16/h3-4,7-13H,5-6H2,1-2H3,(H,19,21)/t12-/m1/s1. The van der Waals surface area contributed by atoms with Gasteiger partial charge in [0.1, 0.15) is 0 Å². The van der Waals surface area contributed by atoms with Crippen molar-refractivity contribution in [2.45, 2.75) is 25.8 Å². The minimum atomic E-state index is -0.126.